The quantitative estimate of drug-likeness (QED) is 0.751. The maximum Gasteiger partial charge on any atom is 0.00171 e. The molecular formula is C17H29NS. The highest BCUT2D eigenvalue weighted by Gasteiger charge is 2.25. The molecule has 0 amide bonds. The molecule has 1 saturated carbocycles. The zero-order valence-electron chi connectivity index (χ0n) is 12.7. The van der Waals surface area contributed by atoms with Gasteiger partial charge < -0.3 is 5.32 Å². The van der Waals surface area contributed by atoms with Gasteiger partial charge in [0.2, 0.25) is 0 Å². The molecule has 2 rings (SSSR count). The summed E-state index contributed by atoms with van der Waals surface area (Å²) in [7, 11) is 0. The van der Waals surface area contributed by atoms with Gasteiger partial charge in [-0.1, -0.05) is 33.1 Å². The maximum atomic E-state index is 3.69. The summed E-state index contributed by atoms with van der Waals surface area (Å²) in [6, 6.07) is 2.43. The molecule has 1 nitrogen and oxygen atoms in total. The van der Waals surface area contributed by atoms with Gasteiger partial charge in [-0.15, -0.1) is 11.3 Å². The molecule has 2 atom stereocenters. The van der Waals surface area contributed by atoms with Crippen LogP contribution >= 0.6 is 11.3 Å². The van der Waals surface area contributed by atoms with Gasteiger partial charge in [0.15, 0.2) is 0 Å². The number of aryl methyl sites for hydroxylation is 1. The smallest absolute Gasteiger partial charge is 0.00171 e. The molecule has 0 spiro atoms. The van der Waals surface area contributed by atoms with Gasteiger partial charge in [0.25, 0.3) is 0 Å². The van der Waals surface area contributed by atoms with Crippen molar-refractivity contribution in [2.45, 2.75) is 58.8 Å². The summed E-state index contributed by atoms with van der Waals surface area (Å²) >= 11 is 1.92. The molecule has 0 aromatic carbocycles. The summed E-state index contributed by atoms with van der Waals surface area (Å²) < 4.78 is 0. The fraction of sp³-hybridized carbons (Fsp3) is 0.765. The number of hydrogen-bond donors (Lipinski definition) is 1. The van der Waals surface area contributed by atoms with E-state index >= 15 is 0 Å². The monoisotopic (exact) mass is 279 g/mol. The largest absolute Gasteiger partial charge is 0.316 e. The van der Waals surface area contributed by atoms with E-state index in [1.54, 1.807) is 5.56 Å². The van der Waals surface area contributed by atoms with Crippen LogP contribution < -0.4 is 5.32 Å². The third-order valence-corrected chi connectivity index (χ3v) is 5.18. The third kappa shape index (κ3) is 4.61. The molecular weight excluding hydrogens is 250 g/mol. The normalized spacial score (nSPS) is 24.6. The summed E-state index contributed by atoms with van der Waals surface area (Å²) in [6.07, 6.45) is 7.07. The highest BCUT2D eigenvalue weighted by Crippen LogP contribution is 2.37. The number of nitrogens with one attached hydrogen (secondary N) is 1. The van der Waals surface area contributed by atoms with E-state index in [1.165, 1.54) is 43.5 Å². The lowest BCUT2D eigenvalue weighted by Crippen LogP contribution is -2.29. The van der Waals surface area contributed by atoms with E-state index in [0.717, 1.165) is 24.3 Å². The van der Waals surface area contributed by atoms with Crippen LogP contribution in [0.15, 0.2) is 11.4 Å². The molecule has 1 aromatic heterocycles. The van der Waals surface area contributed by atoms with Crippen molar-refractivity contribution >= 4 is 11.3 Å². The van der Waals surface area contributed by atoms with Crippen LogP contribution in [0.1, 0.15) is 62.3 Å². The molecule has 0 bridgehead atoms. The van der Waals surface area contributed by atoms with Gasteiger partial charge in [0.05, 0.1) is 0 Å². The van der Waals surface area contributed by atoms with E-state index in [-0.39, 0.29) is 0 Å². The fourth-order valence-corrected chi connectivity index (χ4v) is 4.05. The highest BCUT2D eigenvalue weighted by molar-refractivity contribution is 7.10. The van der Waals surface area contributed by atoms with Crippen molar-refractivity contribution < 1.29 is 0 Å². The Labute approximate surface area is 122 Å². The molecule has 1 aliphatic carbocycles. The minimum Gasteiger partial charge on any atom is -0.316 e. The van der Waals surface area contributed by atoms with Crippen LogP contribution in [-0.4, -0.2) is 13.1 Å². The molecule has 1 N–H and O–H groups in total. The van der Waals surface area contributed by atoms with Crippen LogP contribution in [0.2, 0.25) is 0 Å². The molecule has 108 valence electrons. The summed E-state index contributed by atoms with van der Waals surface area (Å²) in [5, 5.41) is 6.10. The van der Waals surface area contributed by atoms with E-state index in [4.69, 9.17) is 0 Å². The Kier molecular flexibility index (Phi) is 5.90. The lowest BCUT2D eigenvalue weighted by molar-refractivity contribution is 0.367. The van der Waals surface area contributed by atoms with E-state index in [9.17, 15) is 0 Å². The predicted octanol–water partition coefficient (Wildman–Crippen LogP) is 4.97. The van der Waals surface area contributed by atoms with E-state index in [1.807, 2.05) is 11.3 Å². The van der Waals surface area contributed by atoms with Gasteiger partial charge in [-0.05, 0) is 67.6 Å². The van der Waals surface area contributed by atoms with Crippen LogP contribution in [0.25, 0.3) is 0 Å². The molecule has 0 radical (unpaired) electrons. The van der Waals surface area contributed by atoms with Crippen LogP contribution in [0.5, 0.6) is 0 Å². The zero-order chi connectivity index (χ0) is 13.7. The van der Waals surface area contributed by atoms with Crippen molar-refractivity contribution in [3.63, 3.8) is 0 Å². The Balaban J connectivity index is 1.98. The van der Waals surface area contributed by atoms with Crippen molar-refractivity contribution in [1.82, 2.24) is 5.32 Å². The van der Waals surface area contributed by atoms with Crippen LogP contribution in [0.3, 0.4) is 0 Å². The van der Waals surface area contributed by atoms with Gasteiger partial charge >= 0.3 is 0 Å². The Hall–Kier alpha value is -0.340. The molecule has 1 fully saturated rings. The van der Waals surface area contributed by atoms with Crippen LogP contribution in [0, 0.1) is 18.8 Å². The van der Waals surface area contributed by atoms with E-state index in [0.29, 0.717) is 0 Å². The average Bonchev–Trinajstić information content (AvgIpc) is 2.65. The first kappa shape index (κ1) is 15.1. The number of hydrogen-bond acceptors (Lipinski definition) is 2. The SMILES string of the molecule is Cc1cc(C2CCCCCC2CNCC(C)C)cs1. The summed E-state index contributed by atoms with van der Waals surface area (Å²) in [4.78, 5) is 1.47. The summed E-state index contributed by atoms with van der Waals surface area (Å²) in [6.45, 7) is 9.18. The second-order valence-corrected chi connectivity index (χ2v) is 7.66. The maximum absolute atomic E-state index is 3.69. The first-order valence-corrected chi connectivity index (χ1v) is 8.80. The van der Waals surface area contributed by atoms with Gasteiger partial charge in [-0.2, -0.15) is 0 Å². The molecule has 0 aliphatic heterocycles. The molecule has 1 aliphatic rings. The first-order valence-electron chi connectivity index (χ1n) is 7.92. The van der Waals surface area contributed by atoms with Gasteiger partial charge in [-0.3, -0.25) is 0 Å². The van der Waals surface area contributed by atoms with Crippen molar-refractivity contribution in [1.29, 1.82) is 0 Å². The van der Waals surface area contributed by atoms with Gasteiger partial charge in [0, 0.05) is 4.88 Å². The van der Waals surface area contributed by atoms with Gasteiger partial charge in [-0.25, -0.2) is 0 Å². The Bertz CT molecular complexity index is 369. The zero-order valence-corrected chi connectivity index (χ0v) is 13.6. The number of thiophene rings is 1. The Morgan fingerprint density at radius 1 is 1.26 bits per heavy atom. The average molecular weight is 279 g/mol. The van der Waals surface area contributed by atoms with Gasteiger partial charge in [0.1, 0.15) is 0 Å². The van der Waals surface area contributed by atoms with Crippen LogP contribution in [-0.2, 0) is 0 Å². The summed E-state index contributed by atoms with van der Waals surface area (Å²) in [5.41, 5.74) is 1.61. The molecule has 1 heterocycles. The topological polar surface area (TPSA) is 12.0 Å². The molecule has 0 saturated heterocycles. The standard InChI is InChI=1S/C17H29NS/c1-13(2)10-18-11-15-7-5-4-6-8-17(15)16-9-14(3)19-12-16/h9,12-13,15,17-18H,4-8,10-11H2,1-3H3. The van der Waals surface area contributed by atoms with Crippen molar-refractivity contribution in [2.24, 2.45) is 11.8 Å². The van der Waals surface area contributed by atoms with Crippen molar-refractivity contribution in [2.75, 3.05) is 13.1 Å². The second-order valence-electron chi connectivity index (χ2n) is 6.55. The first-order chi connectivity index (χ1) is 9.16. The highest BCUT2D eigenvalue weighted by atomic mass is 32.1. The van der Waals surface area contributed by atoms with E-state index in [2.05, 4.69) is 37.5 Å². The fourth-order valence-electron chi connectivity index (χ4n) is 3.28. The van der Waals surface area contributed by atoms with Crippen molar-refractivity contribution in [3.05, 3.63) is 21.9 Å². The van der Waals surface area contributed by atoms with Crippen molar-refractivity contribution in [3.8, 4) is 0 Å². The minimum absolute atomic E-state index is 0.757. The minimum atomic E-state index is 0.757. The lowest BCUT2D eigenvalue weighted by Gasteiger charge is -2.25. The number of rotatable bonds is 5. The predicted molar refractivity (Wildman–Crippen MR) is 86.1 cm³/mol. The van der Waals surface area contributed by atoms with E-state index < -0.39 is 0 Å². The lowest BCUT2D eigenvalue weighted by atomic mass is 9.83. The van der Waals surface area contributed by atoms with Crippen LogP contribution in [0.4, 0.5) is 0 Å². The molecule has 2 unspecified atom stereocenters. The Morgan fingerprint density at radius 3 is 2.74 bits per heavy atom. The molecule has 19 heavy (non-hydrogen) atoms. The molecule has 1 aromatic rings. The second kappa shape index (κ2) is 7.44. The third-order valence-electron chi connectivity index (χ3n) is 4.30. The molecule has 2 heteroatoms. The Morgan fingerprint density at radius 2 is 2.05 bits per heavy atom. The summed E-state index contributed by atoms with van der Waals surface area (Å²) in [5.74, 6) is 2.40.